The number of carboxylic acids is 1. The highest BCUT2D eigenvalue weighted by atomic mass is 16.4. The second-order valence-electron chi connectivity index (χ2n) is 6.29. The molecule has 0 aromatic heterocycles. The number of rotatable bonds is 9. The molecule has 0 aliphatic heterocycles. The first-order chi connectivity index (χ1) is 12.1. The lowest BCUT2D eigenvalue weighted by atomic mass is 10.0. The largest absolute Gasteiger partial charge is 0.508 e. The van der Waals surface area contributed by atoms with Crippen molar-refractivity contribution in [2.75, 3.05) is 6.61 Å². The summed E-state index contributed by atoms with van der Waals surface area (Å²) in [7, 11) is 0. The summed E-state index contributed by atoms with van der Waals surface area (Å²) in [6.07, 6.45) is 0.0560. The highest BCUT2D eigenvalue weighted by molar-refractivity contribution is 5.92. The second-order valence-corrected chi connectivity index (χ2v) is 6.29. The van der Waals surface area contributed by atoms with Crippen LogP contribution in [0, 0.1) is 5.92 Å². The van der Waals surface area contributed by atoms with Gasteiger partial charge in [0.1, 0.15) is 23.9 Å². The number of nitrogens with one attached hydrogen (secondary N) is 2. The summed E-state index contributed by atoms with van der Waals surface area (Å²) in [5.74, 6) is -2.91. The summed E-state index contributed by atoms with van der Waals surface area (Å²) in [5.41, 5.74) is 6.09. The standard InChI is InChI=1S/C17H25N3O6/c1-9(2)14(17(25)26)20-16(24)13(19-15(23)12(18)8-21)7-10-3-5-11(22)6-4-10/h3-6,9,12-14,21-22H,7-8,18H2,1-2H3,(H,19,23)(H,20,24)(H,25,26)/t12-,13-,14-/m0/s1. The molecule has 3 atom stereocenters. The van der Waals surface area contributed by atoms with E-state index in [1.165, 1.54) is 12.1 Å². The maximum Gasteiger partial charge on any atom is 0.326 e. The Hall–Kier alpha value is -2.65. The van der Waals surface area contributed by atoms with E-state index >= 15 is 0 Å². The fourth-order valence-electron chi connectivity index (χ4n) is 2.21. The Kier molecular flexibility index (Phi) is 8.01. The molecule has 0 radical (unpaired) electrons. The Labute approximate surface area is 151 Å². The average Bonchev–Trinajstić information content (AvgIpc) is 2.59. The molecule has 1 rings (SSSR count). The Balaban J connectivity index is 2.97. The maximum atomic E-state index is 12.5. The van der Waals surface area contributed by atoms with E-state index in [0.29, 0.717) is 5.56 Å². The fourth-order valence-corrected chi connectivity index (χ4v) is 2.21. The molecule has 2 amide bonds. The molecular weight excluding hydrogens is 342 g/mol. The van der Waals surface area contributed by atoms with Gasteiger partial charge >= 0.3 is 5.97 Å². The van der Waals surface area contributed by atoms with Crippen LogP contribution in [0.3, 0.4) is 0 Å². The van der Waals surface area contributed by atoms with Gasteiger partial charge < -0.3 is 31.7 Å². The first-order valence-electron chi connectivity index (χ1n) is 8.13. The average molecular weight is 367 g/mol. The minimum atomic E-state index is -1.20. The zero-order valence-electron chi connectivity index (χ0n) is 14.7. The van der Waals surface area contributed by atoms with Gasteiger partial charge in [-0.1, -0.05) is 26.0 Å². The molecule has 0 aliphatic carbocycles. The van der Waals surface area contributed by atoms with Crippen LogP contribution in [-0.4, -0.2) is 57.8 Å². The second kappa shape index (κ2) is 9.73. The number of amides is 2. The van der Waals surface area contributed by atoms with Gasteiger partial charge in [-0.15, -0.1) is 0 Å². The van der Waals surface area contributed by atoms with Gasteiger partial charge in [-0.05, 0) is 23.6 Å². The van der Waals surface area contributed by atoms with Crippen LogP contribution in [-0.2, 0) is 20.8 Å². The quantitative estimate of drug-likeness (QED) is 0.325. The van der Waals surface area contributed by atoms with E-state index in [1.54, 1.807) is 26.0 Å². The molecule has 0 heterocycles. The lowest BCUT2D eigenvalue weighted by Crippen LogP contribution is -2.56. The number of carbonyl (C=O) groups excluding carboxylic acids is 2. The zero-order chi connectivity index (χ0) is 19.9. The summed E-state index contributed by atoms with van der Waals surface area (Å²) in [5, 5.41) is 32.4. The van der Waals surface area contributed by atoms with Gasteiger partial charge in [0.2, 0.25) is 11.8 Å². The minimum Gasteiger partial charge on any atom is -0.508 e. The van der Waals surface area contributed by atoms with Crippen LogP contribution in [0.5, 0.6) is 5.75 Å². The van der Waals surface area contributed by atoms with Crippen molar-refractivity contribution in [1.29, 1.82) is 0 Å². The molecule has 0 fully saturated rings. The third kappa shape index (κ3) is 6.34. The maximum absolute atomic E-state index is 12.5. The van der Waals surface area contributed by atoms with Crippen molar-refractivity contribution in [2.45, 2.75) is 38.4 Å². The lowest BCUT2D eigenvalue weighted by molar-refractivity contribution is -0.143. The highest BCUT2D eigenvalue weighted by Gasteiger charge is 2.29. The van der Waals surface area contributed by atoms with E-state index in [1.807, 2.05) is 0 Å². The molecule has 0 bridgehead atoms. The Morgan fingerprint density at radius 2 is 1.65 bits per heavy atom. The van der Waals surface area contributed by atoms with Crippen LogP contribution in [0.2, 0.25) is 0 Å². The number of carboxylic acid groups (broad SMARTS) is 1. The molecule has 0 saturated heterocycles. The summed E-state index contributed by atoms with van der Waals surface area (Å²) < 4.78 is 0. The number of aliphatic hydroxyl groups is 1. The molecule has 1 aromatic carbocycles. The molecule has 0 aliphatic rings. The van der Waals surface area contributed by atoms with Gasteiger partial charge in [0, 0.05) is 6.42 Å². The van der Waals surface area contributed by atoms with Gasteiger partial charge in [0.15, 0.2) is 0 Å². The SMILES string of the molecule is CC(C)[C@H](NC(=O)[C@H](Cc1ccc(O)cc1)NC(=O)[C@@H](N)CO)C(=O)O. The van der Waals surface area contributed by atoms with Crippen molar-refractivity contribution < 1.29 is 29.7 Å². The van der Waals surface area contributed by atoms with Crippen molar-refractivity contribution in [3.63, 3.8) is 0 Å². The first-order valence-corrected chi connectivity index (χ1v) is 8.13. The van der Waals surface area contributed by atoms with Crippen molar-refractivity contribution in [3.05, 3.63) is 29.8 Å². The van der Waals surface area contributed by atoms with E-state index < -0.39 is 42.5 Å². The number of aromatic hydroxyl groups is 1. The summed E-state index contributed by atoms with van der Waals surface area (Å²) in [6.45, 7) is 2.70. The van der Waals surface area contributed by atoms with Crippen molar-refractivity contribution in [2.24, 2.45) is 11.7 Å². The Bertz CT molecular complexity index is 632. The van der Waals surface area contributed by atoms with Crippen LogP contribution < -0.4 is 16.4 Å². The van der Waals surface area contributed by atoms with E-state index in [0.717, 1.165) is 0 Å². The lowest BCUT2D eigenvalue weighted by Gasteiger charge is -2.24. The van der Waals surface area contributed by atoms with E-state index in [2.05, 4.69) is 10.6 Å². The number of nitrogens with two attached hydrogens (primary N) is 1. The van der Waals surface area contributed by atoms with Gasteiger partial charge in [0.25, 0.3) is 0 Å². The smallest absolute Gasteiger partial charge is 0.326 e. The third-order valence-electron chi connectivity index (χ3n) is 3.77. The van der Waals surface area contributed by atoms with Crippen molar-refractivity contribution in [3.8, 4) is 5.75 Å². The van der Waals surface area contributed by atoms with Crippen LogP contribution >= 0.6 is 0 Å². The highest BCUT2D eigenvalue weighted by Crippen LogP contribution is 2.12. The third-order valence-corrected chi connectivity index (χ3v) is 3.77. The number of phenols is 1. The molecule has 9 heteroatoms. The van der Waals surface area contributed by atoms with Crippen LogP contribution in [0.1, 0.15) is 19.4 Å². The monoisotopic (exact) mass is 367 g/mol. The number of benzene rings is 1. The zero-order valence-corrected chi connectivity index (χ0v) is 14.7. The van der Waals surface area contributed by atoms with Crippen molar-refractivity contribution in [1.82, 2.24) is 10.6 Å². The molecule has 0 spiro atoms. The first kappa shape index (κ1) is 21.4. The summed E-state index contributed by atoms with van der Waals surface area (Å²) in [4.78, 5) is 35.8. The number of hydrogen-bond donors (Lipinski definition) is 6. The van der Waals surface area contributed by atoms with E-state index in [9.17, 15) is 24.6 Å². The molecule has 144 valence electrons. The Morgan fingerprint density at radius 3 is 2.12 bits per heavy atom. The fraction of sp³-hybridized carbons (Fsp3) is 0.471. The molecule has 0 unspecified atom stereocenters. The number of phenolic OH excluding ortho intramolecular Hbond substituents is 1. The van der Waals surface area contributed by atoms with Gasteiger partial charge in [-0.3, -0.25) is 9.59 Å². The van der Waals surface area contributed by atoms with Gasteiger partial charge in [-0.2, -0.15) is 0 Å². The van der Waals surface area contributed by atoms with E-state index in [4.69, 9.17) is 10.8 Å². The summed E-state index contributed by atoms with van der Waals surface area (Å²) in [6, 6.07) is 2.60. The molecule has 26 heavy (non-hydrogen) atoms. The van der Waals surface area contributed by atoms with E-state index in [-0.39, 0.29) is 18.1 Å². The number of aliphatic hydroxyl groups excluding tert-OH is 1. The number of carbonyl (C=O) groups is 3. The molecule has 9 nitrogen and oxygen atoms in total. The van der Waals surface area contributed by atoms with Crippen LogP contribution in [0.25, 0.3) is 0 Å². The summed E-state index contributed by atoms with van der Waals surface area (Å²) >= 11 is 0. The van der Waals surface area contributed by atoms with Crippen LogP contribution in [0.4, 0.5) is 0 Å². The predicted molar refractivity (Wildman–Crippen MR) is 93.2 cm³/mol. The topological polar surface area (TPSA) is 162 Å². The molecule has 1 aromatic rings. The van der Waals surface area contributed by atoms with Gasteiger partial charge in [0.05, 0.1) is 6.61 Å². The minimum absolute atomic E-state index is 0.0480. The number of hydrogen-bond acceptors (Lipinski definition) is 6. The van der Waals surface area contributed by atoms with Gasteiger partial charge in [-0.25, -0.2) is 4.79 Å². The molecule has 0 saturated carbocycles. The normalized spacial score (nSPS) is 14.3. The van der Waals surface area contributed by atoms with Crippen LogP contribution in [0.15, 0.2) is 24.3 Å². The number of aliphatic carboxylic acids is 1. The Morgan fingerprint density at radius 1 is 1.08 bits per heavy atom. The molecular formula is C17H25N3O6. The molecule has 7 N–H and O–H groups in total. The predicted octanol–water partition coefficient (Wildman–Crippen LogP) is -1.04. The van der Waals surface area contributed by atoms with Crippen molar-refractivity contribution >= 4 is 17.8 Å².